The zero-order valence-electron chi connectivity index (χ0n) is 11.2. The lowest BCUT2D eigenvalue weighted by Crippen LogP contribution is -2.27. The van der Waals surface area contributed by atoms with Crippen LogP contribution in [0.5, 0.6) is 0 Å². The van der Waals surface area contributed by atoms with E-state index in [4.69, 9.17) is 0 Å². The second-order valence-corrected chi connectivity index (χ2v) is 6.66. The Labute approximate surface area is 114 Å². The molecule has 2 rings (SSSR count). The van der Waals surface area contributed by atoms with Crippen molar-refractivity contribution in [3.05, 3.63) is 29.8 Å². The maximum absolute atomic E-state index is 12.3. The number of benzene rings is 1. The largest absolute Gasteiger partial charge is 0.299 e. The molecule has 104 valence electrons. The number of nitrogens with one attached hydrogen (secondary N) is 1. The van der Waals surface area contributed by atoms with Gasteiger partial charge in [0.2, 0.25) is 10.0 Å². The molecule has 0 bridgehead atoms. The highest BCUT2D eigenvalue weighted by molar-refractivity contribution is 7.89. The first-order valence-electron chi connectivity index (χ1n) is 6.59. The van der Waals surface area contributed by atoms with E-state index in [1.807, 2.05) is 0 Å². The summed E-state index contributed by atoms with van der Waals surface area (Å²) in [5.41, 5.74) is 0.586. The van der Waals surface area contributed by atoms with E-state index in [1.54, 1.807) is 38.1 Å². The summed E-state index contributed by atoms with van der Waals surface area (Å²) in [6.07, 6.45) is 2.20. The number of hydrogen-bond acceptors (Lipinski definition) is 3. The van der Waals surface area contributed by atoms with Gasteiger partial charge in [0.15, 0.2) is 0 Å². The van der Waals surface area contributed by atoms with Gasteiger partial charge in [0.05, 0.1) is 4.90 Å². The van der Waals surface area contributed by atoms with E-state index >= 15 is 0 Å². The van der Waals surface area contributed by atoms with Gasteiger partial charge in [-0.3, -0.25) is 4.79 Å². The van der Waals surface area contributed by atoms with Crippen LogP contribution in [0.25, 0.3) is 0 Å². The van der Waals surface area contributed by atoms with E-state index in [-0.39, 0.29) is 16.7 Å². The van der Waals surface area contributed by atoms with Gasteiger partial charge in [-0.2, -0.15) is 0 Å². The first-order chi connectivity index (χ1) is 8.95. The third-order valence-electron chi connectivity index (χ3n) is 3.41. The van der Waals surface area contributed by atoms with Crippen molar-refractivity contribution in [3.8, 4) is 0 Å². The van der Waals surface area contributed by atoms with Crippen LogP contribution in [0.1, 0.15) is 44.6 Å². The number of rotatable bonds is 6. The number of carbonyl (C=O) groups excluding carboxylic acids is 1. The highest BCUT2D eigenvalue weighted by Crippen LogP contribution is 2.28. The van der Waals surface area contributed by atoms with Crippen LogP contribution >= 0.6 is 0 Å². The van der Waals surface area contributed by atoms with E-state index in [2.05, 4.69) is 4.72 Å². The zero-order valence-corrected chi connectivity index (χ0v) is 12.0. The number of carbonyl (C=O) groups is 1. The van der Waals surface area contributed by atoms with Gasteiger partial charge < -0.3 is 0 Å². The minimum atomic E-state index is -3.52. The van der Waals surface area contributed by atoms with Gasteiger partial charge in [-0.1, -0.05) is 32.0 Å². The minimum Gasteiger partial charge on any atom is -0.299 e. The molecule has 1 saturated carbocycles. The molecule has 1 fully saturated rings. The Bertz CT molecular complexity index is 576. The van der Waals surface area contributed by atoms with Crippen molar-refractivity contribution < 1.29 is 13.2 Å². The molecule has 0 aromatic heterocycles. The lowest BCUT2D eigenvalue weighted by atomic mass is 9.95. The van der Waals surface area contributed by atoms with E-state index in [9.17, 15) is 13.2 Å². The van der Waals surface area contributed by atoms with Gasteiger partial charge in [-0.25, -0.2) is 13.1 Å². The van der Waals surface area contributed by atoms with Gasteiger partial charge in [0, 0.05) is 18.4 Å². The second kappa shape index (κ2) is 5.43. The average Bonchev–Trinajstić information content (AvgIpc) is 3.20. The molecule has 1 aliphatic carbocycles. The summed E-state index contributed by atoms with van der Waals surface area (Å²) in [6, 6.07) is 6.81. The number of ketones is 1. The quantitative estimate of drug-likeness (QED) is 0.869. The highest BCUT2D eigenvalue weighted by Gasteiger charge is 2.30. The molecule has 5 heteroatoms. The van der Waals surface area contributed by atoms with Gasteiger partial charge in [0.25, 0.3) is 0 Å². The molecule has 1 atom stereocenters. The fourth-order valence-corrected chi connectivity index (χ4v) is 3.66. The van der Waals surface area contributed by atoms with Crippen LogP contribution in [-0.4, -0.2) is 20.2 Å². The van der Waals surface area contributed by atoms with Gasteiger partial charge in [-0.05, 0) is 24.5 Å². The van der Waals surface area contributed by atoms with Crippen molar-refractivity contribution >= 4 is 15.8 Å². The molecule has 0 heterocycles. The summed E-state index contributed by atoms with van der Waals surface area (Å²) in [5.74, 6) is -0.342. The van der Waals surface area contributed by atoms with Crippen LogP contribution in [0.4, 0.5) is 0 Å². The summed E-state index contributed by atoms with van der Waals surface area (Å²) < 4.78 is 27.3. The summed E-state index contributed by atoms with van der Waals surface area (Å²) in [7, 11) is -3.52. The van der Waals surface area contributed by atoms with Crippen LogP contribution in [0.2, 0.25) is 0 Å². The van der Waals surface area contributed by atoms with Crippen molar-refractivity contribution in [2.24, 2.45) is 0 Å². The molecule has 19 heavy (non-hydrogen) atoms. The molecule has 0 aliphatic heterocycles. The molecule has 1 aromatic carbocycles. The monoisotopic (exact) mass is 281 g/mol. The predicted molar refractivity (Wildman–Crippen MR) is 73.5 cm³/mol. The normalized spacial score (nSPS) is 17.2. The molecular weight excluding hydrogens is 262 g/mol. The topological polar surface area (TPSA) is 63.2 Å². The Morgan fingerprint density at radius 1 is 1.37 bits per heavy atom. The standard InChI is InChI=1S/C14H19NO3S/c1-3-13(16)10(2)12-6-4-5-7-14(12)19(17,18)15-11-8-9-11/h4-7,10-11,15H,3,8-9H2,1-2H3. The van der Waals surface area contributed by atoms with Crippen LogP contribution in [0, 0.1) is 0 Å². The molecule has 1 unspecified atom stereocenters. The van der Waals surface area contributed by atoms with Gasteiger partial charge in [-0.15, -0.1) is 0 Å². The van der Waals surface area contributed by atoms with Crippen LogP contribution in [-0.2, 0) is 14.8 Å². The van der Waals surface area contributed by atoms with Crippen LogP contribution < -0.4 is 4.72 Å². The summed E-state index contributed by atoms with van der Waals surface area (Å²) in [4.78, 5) is 12.0. The zero-order chi connectivity index (χ0) is 14.0. The molecule has 0 saturated heterocycles. The lowest BCUT2D eigenvalue weighted by Gasteiger charge is -2.15. The number of hydrogen-bond donors (Lipinski definition) is 1. The minimum absolute atomic E-state index is 0.0501. The number of sulfonamides is 1. The maximum Gasteiger partial charge on any atom is 0.241 e. The lowest BCUT2D eigenvalue weighted by molar-refractivity contribution is -0.119. The number of Topliss-reactive ketones (excluding diaryl/α,β-unsaturated/α-hetero) is 1. The Kier molecular flexibility index (Phi) is 4.06. The average molecular weight is 281 g/mol. The first kappa shape index (κ1) is 14.2. The van der Waals surface area contributed by atoms with Crippen molar-refractivity contribution in [1.82, 2.24) is 4.72 Å². The highest BCUT2D eigenvalue weighted by atomic mass is 32.2. The molecular formula is C14H19NO3S. The van der Waals surface area contributed by atoms with Crippen molar-refractivity contribution in [2.45, 2.75) is 50.0 Å². The molecule has 4 nitrogen and oxygen atoms in total. The predicted octanol–water partition coefficient (Wildman–Crippen LogP) is 2.21. The Balaban J connectivity index is 2.37. The van der Waals surface area contributed by atoms with Crippen LogP contribution in [0.15, 0.2) is 29.2 Å². The summed E-state index contributed by atoms with van der Waals surface area (Å²) >= 11 is 0. The van der Waals surface area contributed by atoms with Crippen LogP contribution in [0.3, 0.4) is 0 Å². The summed E-state index contributed by atoms with van der Waals surface area (Å²) in [5, 5.41) is 0. The van der Waals surface area contributed by atoms with Gasteiger partial charge >= 0.3 is 0 Å². The molecule has 0 amide bonds. The smallest absolute Gasteiger partial charge is 0.241 e. The summed E-state index contributed by atoms with van der Waals surface area (Å²) in [6.45, 7) is 3.55. The molecule has 0 radical (unpaired) electrons. The SMILES string of the molecule is CCC(=O)C(C)c1ccccc1S(=O)(=O)NC1CC1. The van der Waals surface area contributed by atoms with Crippen molar-refractivity contribution in [1.29, 1.82) is 0 Å². The van der Waals surface area contributed by atoms with E-state index in [1.165, 1.54) is 0 Å². The third-order valence-corrected chi connectivity index (χ3v) is 5.00. The maximum atomic E-state index is 12.3. The van der Waals surface area contributed by atoms with Gasteiger partial charge in [0.1, 0.15) is 5.78 Å². The Morgan fingerprint density at radius 2 is 2.00 bits per heavy atom. The fourth-order valence-electron chi connectivity index (χ4n) is 2.05. The molecule has 1 aliphatic rings. The molecule has 0 spiro atoms. The Hall–Kier alpha value is -1.20. The van der Waals surface area contributed by atoms with E-state index in [0.717, 1.165) is 12.8 Å². The van der Waals surface area contributed by atoms with Crippen molar-refractivity contribution in [2.75, 3.05) is 0 Å². The fraction of sp³-hybridized carbons (Fsp3) is 0.500. The molecule has 1 N–H and O–H groups in total. The second-order valence-electron chi connectivity index (χ2n) is 4.97. The van der Waals surface area contributed by atoms with Crippen molar-refractivity contribution in [3.63, 3.8) is 0 Å². The Morgan fingerprint density at radius 3 is 2.58 bits per heavy atom. The molecule has 1 aromatic rings. The first-order valence-corrected chi connectivity index (χ1v) is 8.08. The third kappa shape index (κ3) is 3.22. The van der Waals surface area contributed by atoms with E-state index in [0.29, 0.717) is 12.0 Å². The van der Waals surface area contributed by atoms with E-state index < -0.39 is 15.9 Å².